The highest BCUT2D eigenvalue weighted by Crippen LogP contribution is 2.13. The molecule has 0 saturated heterocycles. The Kier molecular flexibility index (Phi) is 17.9. The van der Waals surface area contributed by atoms with Gasteiger partial charge in [-0.05, 0) is 19.3 Å². The quantitative estimate of drug-likeness (QED) is 0.345. The van der Waals surface area contributed by atoms with Gasteiger partial charge in [0.15, 0.2) is 0 Å². The summed E-state index contributed by atoms with van der Waals surface area (Å²) in [5, 5.41) is 8.70. The number of hydrogen-bond acceptors (Lipinski definition) is 2. The molecule has 0 radical (unpaired) electrons. The van der Waals surface area contributed by atoms with E-state index < -0.39 is 0 Å². The van der Waals surface area contributed by atoms with Gasteiger partial charge in [0.25, 0.3) is 0 Å². The molecule has 1 unspecified atom stereocenters. The van der Waals surface area contributed by atoms with Gasteiger partial charge < -0.3 is 10.8 Å². The number of aliphatic hydroxyl groups is 1. The van der Waals surface area contributed by atoms with E-state index in [1.54, 1.807) is 0 Å². The van der Waals surface area contributed by atoms with Gasteiger partial charge in [-0.2, -0.15) is 0 Å². The van der Waals surface area contributed by atoms with Crippen molar-refractivity contribution in [2.24, 2.45) is 5.73 Å². The lowest BCUT2D eigenvalue weighted by Crippen LogP contribution is -2.19. The molecule has 0 aliphatic heterocycles. The van der Waals surface area contributed by atoms with Gasteiger partial charge in [-0.15, -0.1) is 0 Å². The Morgan fingerprint density at radius 3 is 1.43 bits per heavy atom. The fourth-order valence-corrected chi connectivity index (χ4v) is 2.91. The SMILES string of the molecule is CCCCCCCCCC(N)CCCCCCCCCO. The summed E-state index contributed by atoms with van der Waals surface area (Å²) < 4.78 is 0. The maximum atomic E-state index is 8.70. The van der Waals surface area contributed by atoms with Gasteiger partial charge in [-0.3, -0.25) is 0 Å². The van der Waals surface area contributed by atoms with Gasteiger partial charge in [0, 0.05) is 12.6 Å². The molecule has 21 heavy (non-hydrogen) atoms. The molecule has 3 N–H and O–H groups in total. The van der Waals surface area contributed by atoms with Gasteiger partial charge >= 0.3 is 0 Å². The number of hydrogen-bond donors (Lipinski definition) is 2. The summed E-state index contributed by atoms with van der Waals surface area (Å²) in [4.78, 5) is 0. The third kappa shape index (κ3) is 17.9. The minimum Gasteiger partial charge on any atom is -0.396 e. The summed E-state index contributed by atoms with van der Waals surface area (Å²) in [5.41, 5.74) is 6.19. The Hall–Kier alpha value is -0.0800. The predicted octanol–water partition coefficient (Wildman–Crippen LogP) is 5.57. The van der Waals surface area contributed by atoms with E-state index in [2.05, 4.69) is 6.92 Å². The molecule has 0 aromatic carbocycles. The summed E-state index contributed by atoms with van der Waals surface area (Å²) in [5.74, 6) is 0. The third-order valence-electron chi connectivity index (χ3n) is 4.41. The van der Waals surface area contributed by atoms with Crippen LogP contribution in [0.4, 0.5) is 0 Å². The molecule has 0 heterocycles. The largest absolute Gasteiger partial charge is 0.396 e. The lowest BCUT2D eigenvalue weighted by Gasteiger charge is -2.11. The first kappa shape index (κ1) is 20.9. The number of unbranched alkanes of at least 4 members (excludes halogenated alkanes) is 12. The van der Waals surface area contributed by atoms with E-state index in [-0.39, 0.29) is 0 Å². The second-order valence-corrected chi connectivity index (χ2v) is 6.66. The number of nitrogens with two attached hydrogens (primary N) is 1. The molecule has 128 valence electrons. The number of rotatable bonds is 17. The van der Waals surface area contributed by atoms with E-state index in [1.807, 2.05) is 0 Å². The summed E-state index contributed by atoms with van der Waals surface area (Å²) >= 11 is 0. The van der Waals surface area contributed by atoms with Gasteiger partial charge in [0.05, 0.1) is 0 Å². The minimum atomic E-state index is 0.355. The minimum absolute atomic E-state index is 0.355. The maximum absolute atomic E-state index is 8.70. The smallest absolute Gasteiger partial charge is 0.0431 e. The summed E-state index contributed by atoms with van der Waals surface area (Å²) in [6, 6.07) is 0.440. The maximum Gasteiger partial charge on any atom is 0.0431 e. The van der Waals surface area contributed by atoms with Crippen LogP contribution in [0.2, 0.25) is 0 Å². The Morgan fingerprint density at radius 2 is 1.00 bits per heavy atom. The van der Waals surface area contributed by atoms with E-state index in [9.17, 15) is 0 Å². The highest BCUT2D eigenvalue weighted by Gasteiger charge is 2.02. The van der Waals surface area contributed by atoms with Crippen LogP contribution in [0.25, 0.3) is 0 Å². The van der Waals surface area contributed by atoms with Crippen LogP contribution in [-0.2, 0) is 0 Å². The van der Waals surface area contributed by atoms with Crippen LogP contribution < -0.4 is 5.73 Å². The third-order valence-corrected chi connectivity index (χ3v) is 4.41. The van der Waals surface area contributed by atoms with Crippen LogP contribution in [-0.4, -0.2) is 17.8 Å². The summed E-state index contributed by atoms with van der Waals surface area (Å²) in [6.45, 7) is 2.63. The molecule has 0 rings (SSSR count). The lowest BCUT2D eigenvalue weighted by molar-refractivity contribution is 0.282. The summed E-state index contributed by atoms with van der Waals surface area (Å²) in [7, 11) is 0. The van der Waals surface area contributed by atoms with Crippen molar-refractivity contribution in [1.29, 1.82) is 0 Å². The molecule has 0 aromatic rings. The lowest BCUT2D eigenvalue weighted by atomic mass is 10.0. The van der Waals surface area contributed by atoms with Gasteiger partial charge in [0.2, 0.25) is 0 Å². The van der Waals surface area contributed by atoms with E-state index >= 15 is 0 Å². The molecule has 0 aromatic heterocycles. The molecule has 0 aliphatic carbocycles. The molecular formula is C19H41NO. The van der Waals surface area contributed by atoms with Gasteiger partial charge in [-0.25, -0.2) is 0 Å². The molecule has 0 amide bonds. The standard InChI is InChI=1S/C19H41NO/c1-2-3-4-5-7-10-13-16-19(20)17-14-11-8-6-9-12-15-18-21/h19,21H,2-18,20H2,1H3. The van der Waals surface area contributed by atoms with Crippen molar-refractivity contribution < 1.29 is 5.11 Å². The Bertz CT molecular complexity index is 184. The molecule has 1 atom stereocenters. The topological polar surface area (TPSA) is 46.2 Å². The first-order chi connectivity index (χ1) is 10.3. The molecule has 0 bridgehead atoms. The summed E-state index contributed by atoms with van der Waals surface area (Å²) in [6.07, 6.45) is 20.9. The molecule has 0 spiro atoms. The van der Waals surface area contributed by atoms with Crippen LogP contribution in [0.15, 0.2) is 0 Å². The van der Waals surface area contributed by atoms with E-state index in [4.69, 9.17) is 10.8 Å². The monoisotopic (exact) mass is 299 g/mol. The first-order valence-electron chi connectivity index (χ1n) is 9.67. The fourth-order valence-electron chi connectivity index (χ4n) is 2.91. The van der Waals surface area contributed by atoms with Crippen molar-refractivity contribution in [1.82, 2.24) is 0 Å². The zero-order chi connectivity index (χ0) is 15.6. The zero-order valence-electron chi connectivity index (χ0n) is 14.6. The first-order valence-corrected chi connectivity index (χ1v) is 9.67. The second kappa shape index (κ2) is 18.0. The van der Waals surface area contributed by atoms with Crippen molar-refractivity contribution in [2.45, 2.75) is 116 Å². The molecular weight excluding hydrogens is 258 g/mol. The van der Waals surface area contributed by atoms with Gasteiger partial charge in [-0.1, -0.05) is 90.4 Å². The Morgan fingerprint density at radius 1 is 0.619 bits per heavy atom. The number of aliphatic hydroxyl groups excluding tert-OH is 1. The normalized spacial score (nSPS) is 12.7. The van der Waals surface area contributed by atoms with E-state index in [1.165, 1.54) is 96.3 Å². The Balaban J connectivity index is 3.11. The van der Waals surface area contributed by atoms with Crippen LogP contribution in [0, 0.1) is 0 Å². The van der Waals surface area contributed by atoms with Crippen molar-refractivity contribution in [2.75, 3.05) is 6.61 Å². The zero-order valence-corrected chi connectivity index (χ0v) is 14.6. The average Bonchev–Trinajstić information content (AvgIpc) is 2.49. The average molecular weight is 300 g/mol. The highest BCUT2D eigenvalue weighted by atomic mass is 16.2. The molecule has 2 nitrogen and oxygen atoms in total. The van der Waals surface area contributed by atoms with Crippen LogP contribution in [0.3, 0.4) is 0 Å². The fraction of sp³-hybridized carbons (Fsp3) is 1.00. The second-order valence-electron chi connectivity index (χ2n) is 6.66. The Labute approximate surface area is 133 Å². The molecule has 2 heteroatoms. The van der Waals surface area contributed by atoms with Crippen molar-refractivity contribution in [3.63, 3.8) is 0 Å². The van der Waals surface area contributed by atoms with Crippen molar-refractivity contribution in [3.8, 4) is 0 Å². The highest BCUT2D eigenvalue weighted by molar-refractivity contribution is 4.62. The van der Waals surface area contributed by atoms with E-state index in [0.29, 0.717) is 12.6 Å². The van der Waals surface area contributed by atoms with Crippen LogP contribution >= 0.6 is 0 Å². The van der Waals surface area contributed by atoms with E-state index in [0.717, 1.165) is 6.42 Å². The van der Waals surface area contributed by atoms with Gasteiger partial charge in [0.1, 0.15) is 0 Å². The molecule has 0 aliphatic rings. The van der Waals surface area contributed by atoms with Crippen LogP contribution in [0.5, 0.6) is 0 Å². The molecule has 0 saturated carbocycles. The van der Waals surface area contributed by atoms with Crippen molar-refractivity contribution >= 4 is 0 Å². The van der Waals surface area contributed by atoms with Crippen molar-refractivity contribution in [3.05, 3.63) is 0 Å². The van der Waals surface area contributed by atoms with Crippen LogP contribution in [0.1, 0.15) is 110 Å². The molecule has 0 fully saturated rings. The predicted molar refractivity (Wildman–Crippen MR) is 94.6 cm³/mol.